The lowest BCUT2D eigenvalue weighted by molar-refractivity contribution is 0.172. The van der Waals surface area contributed by atoms with E-state index in [9.17, 15) is 0 Å². The SMILES string of the molecule is CC(C)(C)c1ccc(Nc2nc3cc4c(cc3[nH]2)OCCO4)cc1. The quantitative estimate of drug-likeness (QED) is 0.735. The van der Waals surface area contributed by atoms with Gasteiger partial charge in [0.2, 0.25) is 5.95 Å². The van der Waals surface area contributed by atoms with Crippen LogP contribution in [0, 0.1) is 0 Å². The molecule has 0 aliphatic carbocycles. The van der Waals surface area contributed by atoms with Gasteiger partial charge in [-0.1, -0.05) is 32.9 Å². The Morgan fingerprint density at radius 2 is 1.67 bits per heavy atom. The highest BCUT2D eigenvalue weighted by molar-refractivity contribution is 5.82. The van der Waals surface area contributed by atoms with Gasteiger partial charge >= 0.3 is 0 Å². The van der Waals surface area contributed by atoms with E-state index in [1.165, 1.54) is 5.56 Å². The third-order valence-electron chi connectivity index (χ3n) is 4.16. The molecule has 5 heteroatoms. The Balaban J connectivity index is 1.60. The number of imidazole rings is 1. The molecule has 0 spiro atoms. The Labute approximate surface area is 141 Å². The number of aromatic nitrogens is 2. The predicted octanol–water partition coefficient (Wildman–Crippen LogP) is 4.38. The molecular formula is C19H21N3O2. The number of rotatable bonds is 2. The van der Waals surface area contributed by atoms with E-state index in [2.05, 4.69) is 60.3 Å². The van der Waals surface area contributed by atoms with Gasteiger partial charge in [0.15, 0.2) is 11.5 Å². The third-order valence-corrected chi connectivity index (χ3v) is 4.16. The first-order valence-corrected chi connectivity index (χ1v) is 8.16. The fourth-order valence-electron chi connectivity index (χ4n) is 2.80. The summed E-state index contributed by atoms with van der Waals surface area (Å²) in [6.07, 6.45) is 0. The van der Waals surface area contributed by atoms with E-state index in [-0.39, 0.29) is 5.41 Å². The molecule has 2 heterocycles. The molecule has 0 radical (unpaired) electrons. The van der Waals surface area contributed by atoms with Crippen molar-refractivity contribution in [1.29, 1.82) is 0 Å². The van der Waals surface area contributed by atoms with Crippen LogP contribution in [0.15, 0.2) is 36.4 Å². The van der Waals surface area contributed by atoms with Crippen molar-refractivity contribution >= 4 is 22.7 Å². The Hall–Kier alpha value is -2.69. The summed E-state index contributed by atoms with van der Waals surface area (Å²) in [6.45, 7) is 7.79. The molecule has 0 unspecified atom stereocenters. The molecule has 0 bridgehead atoms. The number of nitrogens with zero attached hydrogens (tertiary/aromatic N) is 1. The number of aromatic amines is 1. The number of H-pyrrole nitrogens is 1. The van der Waals surface area contributed by atoms with E-state index in [4.69, 9.17) is 9.47 Å². The Bertz CT molecular complexity index is 833. The standard InChI is InChI=1S/C19H21N3O2/c1-19(2,3)12-4-6-13(7-5-12)20-18-21-14-10-16-17(11-15(14)22-18)24-9-8-23-16/h4-7,10-11H,8-9H2,1-3H3,(H2,20,21,22). The Morgan fingerprint density at radius 1 is 1.00 bits per heavy atom. The average Bonchev–Trinajstić information content (AvgIpc) is 2.93. The van der Waals surface area contributed by atoms with Crippen molar-refractivity contribution in [3.63, 3.8) is 0 Å². The van der Waals surface area contributed by atoms with Gasteiger partial charge in [-0.25, -0.2) is 4.98 Å². The highest BCUT2D eigenvalue weighted by atomic mass is 16.6. The first-order valence-electron chi connectivity index (χ1n) is 8.16. The van der Waals surface area contributed by atoms with Gasteiger partial charge in [-0.3, -0.25) is 0 Å². The van der Waals surface area contributed by atoms with Gasteiger partial charge in [-0.05, 0) is 23.1 Å². The molecule has 2 N–H and O–H groups in total. The monoisotopic (exact) mass is 323 g/mol. The molecule has 0 saturated heterocycles. The minimum Gasteiger partial charge on any atom is -0.486 e. The number of nitrogens with one attached hydrogen (secondary N) is 2. The van der Waals surface area contributed by atoms with Crippen LogP contribution in [0.5, 0.6) is 11.5 Å². The molecule has 4 rings (SSSR count). The predicted molar refractivity (Wildman–Crippen MR) is 95.5 cm³/mol. The second-order valence-electron chi connectivity index (χ2n) is 7.05. The summed E-state index contributed by atoms with van der Waals surface area (Å²) in [6, 6.07) is 12.3. The number of benzene rings is 2. The molecule has 24 heavy (non-hydrogen) atoms. The van der Waals surface area contributed by atoms with Crippen LogP contribution in [0.2, 0.25) is 0 Å². The van der Waals surface area contributed by atoms with Crippen LogP contribution in [-0.2, 0) is 5.41 Å². The van der Waals surface area contributed by atoms with Crippen molar-refractivity contribution in [2.45, 2.75) is 26.2 Å². The van der Waals surface area contributed by atoms with E-state index >= 15 is 0 Å². The summed E-state index contributed by atoms with van der Waals surface area (Å²) >= 11 is 0. The summed E-state index contributed by atoms with van der Waals surface area (Å²) in [5.74, 6) is 2.22. The molecule has 2 aromatic carbocycles. The van der Waals surface area contributed by atoms with Crippen LogP contribution < -0.4 is 14.8 Å². The molecule has 5 nitrogen and oxygen atoms in total. The first-order chi connectivity index (χ1) is 11.5. The maximum absolute atomic E-state index is 5.61. The highest BCUT2D eigenvalue weighted by Gasteiger charge is 2.15. The lowest BCUT2D eigenvalue weighted by Crippen LogP contribution is -2.15. The van der Waals surface area contributed by atoms with Crippen molar-refractivity contribution in [2.75, 3.05) is 18.5 Å². The number of anilines is 2. The van der Waals surface area contributed by atoms with E-state index < -0.39 is 0 Å². The fourth-order valence-corrected chi connectivity index (χ4v) is 2.80. The van der Waals surface area contributed by atoms with Crippen LogP contribution in [0.4, 0.5) is 11.6 Å². The normalized spacial score (nSPS) is 14.0. The van der Waals surface area contributed by atoms with Crippen LogP contribution in [0.1, 0.15) is 26.3 Å². The summed E-state index contributed by atoms with van der Waals surface area (Å²) < 4.78 is 11.2. The van der Waals surface area contributed by atoms with E-state index in [1.807, 2.05) is 12.1 Å². The van der Waals surface area contributed by atoms with Gasteiger partial charge in [0.1, 0.15) is 13.2 Å². The molecule has 0 fully saturated rings. The van der Waals surface area contributed by atoms with Crippen molar-refractivity contribution < 1.29 is 9.47 Å². The number of ether oxygens (including phenoxy) is 2. The van der Waals surface area contributed by atoms with Gasteiger partial charge in [-0.15, -0.1) is 0 Å². The molecule has 1 aliphatic rings. The first kappa shape index (κ1) is 14.9. The van der Waals surface area contributed by atoms with Crippen LogP contribution in [0.3, 0.4) is 0 Å². The maximum atomic E-state index is 5.61. The minimum absolute atomic E-state index is 0.150. The third kappa shape index (κ3) is 2.77. The lowest BCUT2D eigenvalue weighted by Gasteiger charge is -2.19. The molecule has 0 amide bonds. The molecule has 124 valence electrons. The molecule has 1 aromatic heterocycles. The summed E-state index contributed by atoms with van der Waals surface area (Å²) in [7, 11) is 0. The van der Waals surface area contributed by atoms with Gasteiger partial charge in [0, 0.05) is 17.8 Å². The second-order valence-corrected chi connectivity index (χ2v) is 7.05. The molecule has 3 aromatic rings. The Morgan fingerprint density at radius 3 is 2.33 bits per heavy atom. The highest BCUT2D eigenvalue weighted by Crippen LogP contribution is 2.34. The van der Waals surface area contributed by atoms with Crippen LogP contribution >= 0.6 is 0 Å². The zero-order valence-electron chi connectivity index (χ0n) is 14.1. The van der Waals surface area contributed by atoms with Crippen LogP contribution in [-0.4, -0.2) is 23.2 Å². The molecular weight excluding hydrogens is 302 g/mol. The number of fused-ring (bicyclic) bond motifs is 2. The van der Waals surface area contributed by atoms with E-state index in [1.54, 1.807) is 0 Å². The maximum Gasteiger partial charge on any atom is 0.205 e. The summed E-state index contributed by atoms with van der Waals surface area (Å²) in [5.41, 5.74) is 4.23. The zero-order valence-corrected chi connectivity index (χ0v) is 14.1. The van der Waals surface area contributed by atoms with E-state index in [0.29, 0.717) is 19.2 Å². The summed E-state index contributed by atoms with van der Waals surface area (Å²) in [5, 5.41) is 3.31. The largest absolute Gasteiger partial charge is 0.486 e. The lowest BCUT2D eigenvalue weighted by atomic mass is 9.87. The fraction of sp³-hybridized carbons (Fsp3) is 0.316. The topological polar surface area (TPSA) is 59.2 Å². The van der Waals surface area contributed by atoms with Gasteiger partial charge in [-0.2, -0.15) is 0 Å². The van der Waals surface area contributed by atoms with Gasteiger partial charge in [0.05, 0.1) is 11.0 Å². The van der Waals surface area contributed by atoms with Gasteiger partial charge in [0.25, 0.3) is 0 Å². The van der Waals surface area contributed by atoms with E-state index in [0.717, 1.165) is 28.2 Å². The van der Waals surface area contributed by atoms with Crippen molar-refractivity contribution in [3.8, 4) is 11.5 Å². The number of hydrogen-bond donors (Lipinski definition) is 2. The molecule has 0 saturated carbocycles. The minimum atomic E-state index is 0.150. The van der Waals surface area contributed by atoms with Crippen molar-refractivity contribution in [1.82, 2.24) is 9.97 Å². The van der Waals surface area contributed by atoms with Crippen molar-refractivity contribution in [2.24, 2.45) is 0 Å². The number of hydrogen-bond acceptors (Lipinski definition) is 4. The molecule has 1 aliphatic heterocycles. The van der Waals surface area contributed by atoms with Gasteiger partial charge < -0.3 is 19.8 Å². The molecule has 0 atom stereocenters. The van der Waals surface area contributed by atoms with Crippen molar-refractivity contribution in [3.05, 3.63) is 42.0 Å². The summed E-state index contributed by atoms with van der Waals surface area (Å²) in [4.78, 5) is 7.87. The Kier molecular flexibility index (Phi) is 3.37. The van der Waals surface area contributed by atoms with Crippen LogP contribution in [0.25, 0.3) is 11.0 Å². The smallest absolute Gasteiger partial charge is 0.205 e. The zero-order chi connectivity index (χ0) is 16.7. The average molecular weight is 323 g/mol. The second kappa shape index (κ2) is 5.44.